The van der Waals surface area contributed by atoms with Crippen molar-refractivity contribution >= 4 is 17.7 Å². The third kappa shape index (κ3) is 4.44. The largest absolute Gasteiger partial charge is 0.444 e. The number of carbonyl (C=O) groups excluding carboxylic acids is 2. The SMILES string of the molecule is CCc1cccc(C)c1NC(=O)c1c2c(nn1C)CCN(C(=O)OC(C)(C)C)C2. The smallest absolute Gasteiger partial charge is 0.410 e. The van der Waals surface area contributed by atoms with E-state index in [2.05, 4.69) is 17.3 Å². The Kier molecular flexibility index (Phi) is 5.68. The maximum absolute atomic E-state index is 13.2. The molecule has 1 N–H and O–H groups in total. The number of ether oxygens (including phenoxy) is 1. The van der Waals surface area contributed by atoms with Crippen LogP contribution in [-0.2, 0) is 31.2 Å². The quantitative estimate of drug-likeness (QED) is 0.852. The second-order valence-corrected chi connectivity index (χ2v) is 8.47. The zero-order valence-corrected chi connectivity index (χ0v) is 18.1. The van der Waals surface area contributed by atoms with Gasteiger partial charge in [0, 0.05) is 31.3 Å². The molecule has 0 aliphatic carbocycles. The van der Waals surface area contributed by atoms with Crippen molar-refractivity contribution in [2.75, 3.05) is 11.9 Å². The molecule has 1 aliphatic heterocycles. The van der Waals surface area contributed by atoms with Crippen LogP contribution >= 0.6 is 0 Å². The number of para-hydroxylation sites is 1. The van der Waals surface area contributed by atoms with Crippen molar-refractivity contribution in [2.24, 2.45) is 7.05 Å². The minimum atomic E-state index is -0.562. The first-order valence-corrected chi connectivity index (χ1v) is 10.0. The van der Waals surface area contributed by atoms with E-state index in [1.165, 1.54) is 0 Å². The van der Waals surface area contributed by atoms with Gasteiger partial charge in [0.2, 0.25) is 0 Å². The number of benzene rings is 1. The van der Waals surface area contributed by atoms with Crippen LogP contribution < -0.4 is 5.32 Å². The van der Waals surface area contributed by atoms with Crippen molar-refractivity contribution in [1.29, 1.82) is 0 Å². The summed E-state index contributed by atoms with van der Waals surface area (Å²) in [5.41, 5.74) is 4.52. The number of hydrogen-bond acceptors (Lipinski definition) is 4. The van der Waals surface area contributed by atoms with E-state index in [0.29, 0.717) is 25.2 Å². The fraction of sp³-hybridized carbons (Fsp3) is 0.500. The van der Waals surface area contributed by atoms with Gasteiger partial charge in [-0.15, -0.1) is 0 Å². The van der Waals surface area contributed by atoms with Gasteiger partial charge in [-0.25, -0.2) is 4.79 Å². The molecule has 1 aromatic heterocycles. The van der Waals surface area contributed by atoms with Gasteiger partial charge in [0.25, 0.3) is 5.91 Å². The Bertz CT molecular complexity index is 940. The Morgan fingerprint density at radius 1 is 1.28 bits per heavy atom. The standard InChI is InChI=1S/C22H30N4O3/c1-7-15-10-8-9-14(2)18(15)23-20(27)19-16-13-26(21(28)29-22(3,4)5)12-11-17(16)24-25(19)6/h8-10H,7,11-13H2,1-6H3,(H,23,27). The maximum atomic E-state index is 13.2. The average molecular weight is 399 g/mol. The van der Waals surface area contributed by atoms with E-state index in [9.17, 15) is 9.59 Å². The zero-order chi connectivity index (χ0) is 21.3. The summed E-state index contributed by atoms with van der Waals surface area (Å²) in [6, 6.07) is 6.00. The van der Waals surface area contributed by atoms with Crippen molar-refractivity contribution in [3.8, 4) is 0 Å². The summed E-state index contributed by atoms with van der Waals surface area (Å²) in [6.07, 6.45) is 1.05. The fourth-order valence-corrected chi connectivity index (χ4v) is 3.64. The molecule has 7 nitrogen and oxygen atoms in total. The highest BCUT2D eigenvalue weighted by Gasteiger charge is 2.31. The summed E-state index contributed by atoms with van der Waals surface area (Å²) in [7, 11) is 1.77. The Hall–Kier alpha value is -2.83. The Balaban J connectivity index is 1.87. The van der Waals surface area contributed by atoms with Crippen LogP contribution in [0, 0.1) is 6.92 Å². The molecule has 1 aromatic carbocycles. The van der Waals surface area contributed by atoms with E-state index < -0.39 is 5.60 Å². The van der Waals surface area contributed by atoms with Crippen LogP contribution in [0.3, 0.4) is 0 Å². The van der Waals surface area contributed by atoms with Gasteiger partial charge in [-0.3, -0.25) is 9.48 Å². The second kappa shape index (κ2) is 7.89. The maximum Gasteiger partial charge on any atom is 0.410 e. The molecular weight excluding hydrogens is 368 g/mol. The van der Waals surface area contributed by atoms with Gasteiger partial charge in [0.1, 0.15) is 11.3 Å². The number of aryl methyl sites for hydroxylation is 3. The summed E-state index contributed by atoms with van der Waals surface area (Å²) >= 11 is 0. The molecule has 0 radical (unpaired) electrons. The van der Waals surface area contributed by atoms with Crippen molar-refractivity contribution in [3.05, 3.63) is 46.3 Å². The summed E-state index contributed by atoms with van der Waals surface area (Å²) in [6.45, 7) is 10.4. The lowest BCUT2D eigenvalue weighted by molar-refractivity contribution is 0.0222. The molecule has 0 fully saturated rings. The third-order valence-corrected chi connectivity index (χ3v) is 5.04. The van der Waals surface area contributed by atoms with Crippen LogP contribution in [0.15, 0.2) is 18.2 Å². The van der Waals surface area contributed by atoms with Crippen molar-refractivity contribution < 1.29 is 14.3 Å². The molecule has 156 valence electrons. The van der Waals surface area contributed by atoms with Gasteiger partial charge in [-0.1, -0.05) is 25.1 Å². The number of fused-ring (bicyclic) bond motifs is 1. The van der Waals surface area contributed by atoms with Crippen LogP contribution in [0.2, 0.25) is 0 Å². The van der Waals surface area contributed by atoms with Gasteiger partial charge in [0.15, 0.2) is 0 Å². The third-order valence-electron chi connectivity index (χ3n) is 5.04. The zero-order valence-electron chi connectivity index (χ0n) is 18.1. The van der Waals surface area contributed by atoms with Crippen molar-refractivity contribution in [1.82, 2.24) is 14.7 Å². The highest BCUT2D eigenvalue weighted by molar-refractivity contribution is 6.05. The van der Waals surface area contributed by atoms with Crippen LogP contribution in [0.1, 0.15) is 60.6 Å². The monoisotopic (exact) mass is 398 g/mol. The minimum Gasteiger partial charge on any atom is -0.444 e. The summed E-state index contributed by atoms with van der Waals surface area (Å²) < 4.78 is 7.11. The Labute approximate surface area is 172 Å². The average Bonchev–Trinajstić information content (AvgIpc) is 2.96. The summed E-state index contributed by atoms with van der Waals surface area (Å²) in [5, 5.41) is 7.60. The normalized spacial score (nSPS) is 13.8. The molecule has 2 heterocycles. The Morgan fingerprint density at radius 3 is 2.66 bits per heavy atom. The molecule has 0 saturated heterocycles. The molecule has 7 heteroatoms. The van der Waals surface area contributed by atoms with Crippen molar-refractivity contribution in [2.45, 2.75) is 59.6 Å². The number of nitrogens with one attached hydrogen (secondary N) is 1. The first-order valence-electron chi connectivity index (χ1n) is 10.0. The lowest BCUT2D eigenvalue weighted by Crippen LogP contribution is -2.40. The summed E-state index contributed by atoms with van der Waals surface area (Å²) in [5.74, 6) is -0.212. The van der Waals surface area contributed by atoms with Gasteiger partial charge in [-0.2, -0.15) is 5.10 Å². The van der Waals surface area contributed by atoms with Gasteiger partial charge >= 0.3 is 6.09 Å². The van der Waals surface area contributed by atoms with Gasteiger partial charge in [-0.05, 0) is 45.2 Å². The van der Waals surface area contributed by atoms with E-state index in [4.69, 9.17) is 4.74 Å². The van der Waals surface area contributed by atoms with E-state index in [1.807, 2.05) is 45.9 Å². The topological polar surface area (TPSA) is 76.5 Å². The minimum absolute atomic E-state index is 0.212. The first-order chi connectivity index (χ1) is 13.6. The number of hydrogen-bond donors (Lipinski definition) is 1. The van der Waals surface area contributed by atoms with Crippen LogP contribution in [0.4, 0.5) is 10.5 Å². The van der Waals surface area contributed by atoms with E-state index in [1.54, 1.807) is 16.6 Å². The first kappa shape index (κ1) is 20.9. The van der Waals surface area contributed by atoms with Gasteiger partial charge in [0.05, 0.1) is 12.2 Å². The molecule has 0 spiro atoms. The number of aromatic nitrogens is 2. The van der Waals surface area contributed by atoms with Crippen LogP contribution in [0.5, 0.6) is 0 Å². The molecule has 2 aromatic rings. The molecule has 29 heavy (non-hydrogen) atoms. The number of nitrogens with zero attached hydrogens (tertiary/aromatic N) is 3. The molecule has 0 unspecified atom stereocenters. The van der Waals surface area contributed by atoms with Gasteiger partial charge < -0.3 is 15.0 Å². The molecule has 0 saturated carbocycles. The highest BCUT2D eigenvalue weighted by Crippen LogP contribution is 2.26. The molecule has 3 rings (SSSR count). The Morgan fingerprint density at radius 2 is 2.00 bits per heavy atom. The van der Waals surface area contributed by atoms with Crippen LogP contribution in [0.25, 0.3) is 0 Å². The predicted octanol–water partition coefficient (Wildman–Crippen LogP) is 3.84. The molecule has 0 bridgehead atoms. The number of rotatable bonds is 3. The molecule has 0 atom stereocenters. The predicted molar refractivity (Wildman–Crippen MR) is 112 cm³/mol. The van der Waals surface area contributed by atoms with Crippen molar-refractivity contribution in [3.63, 3.8) is 0 Å². The fourth-order valence-electron chi connectivity index (χ4n) is 3.64. The number of anilines is 1. The van der Waals surface area contributed by atoms with E-state index in [0.717, 1.165) is 34.5 Å². The highest BCUT2D eigenvalue weighted by atomic mass is 16.6. The van der Waals surface area contributed by atoms with E-state index in [-0.39, 0.29) is 12.0 Å². The second-order valence-electron chi connectivity index (χ2n) is 8.47. The molecule has 1 aliphatic rings. The number of carbonyl (C=O) groups is 2. The lowest BCUT2D eigenvalue weighted by atomic mass is 10.0. The summed E-state index contributed by atoms with van der Waals surface area (Å²) in [4.78, 5) is 27.3. The number of amides is 2. The molecular formula is C22H30N4O3. The van der Waals surface area contributed by atoms with Crippen LogP contribution in [-0.4, -0.2) is 38.8 Å². The van der Waals surface area contributed by atoms with E-state index >= 15 is 0 Å². The molecule has 2 amide bonds. The lowest BCUT2D eigenvalue weighted by Gasteiger charge is -2.29.